The van der Waals surface area contributed by atoms with Crippen LogP contribution in [0.1, 0.15) is 69.5 Å². The average Bonchev–Trinajstić information content (AvgIpc) is 3.39. The van der Waals surface area contributed by atoms with E-state index in [1.165, 1.54) is 15.8 Å². The van der Waals surface area contributed by atoms with Gasteiger partial charge in [-0.3, -0.25) is 24.8 Å². The minimum Gasteiger partial charge on any atom is -0.288 e. The zero-order valence-corrected chi connectivity index (χ0v) is 23.6. The molecule has 4 bridgehead atoms. The molecule has 4 aromatic carbocycles. The quantitative estimate of drug-likeness (QED) is 0.296. The summed E-state index contributed by atoms with van der Waals surface area (Å²) in [7, 11) is 0. The molecule has 1 amide bonds. The Labute approximate surface area is 247 Å². The topological polar surface area (TPSA) is 80.5 Å². The first-order valence-corrected chi connectivity index (χ1v) is 14.9. The number of nitrogens with one attached hydrogen (secondary N) is 1. The van der Waals surface area contributed by atoms with Gasteiger partial charge < -0.3 is 0 Å². The van der Waals surface area contributed by atoms with Crippen LogP contribution in [0.25, 0.3) is 0 Å². The van der Waals surface area contributed by atoms with E-state index in [2.05, 4.69) is 35.8 Å². The van der Waals surface area contributed by atoms with Crippen LogP contribution < -0.4 is 10.2 Å². The number of hydrogen-bond donors (Lipinski definition) is 1. The molecule has 0 atom stereocenters. The molecule has 0 saturated heterocycles. The zero-order chi connectivity index (χ0) is 28.6. The fourth-order valence-electron chi connectivity index (χ4n) is 5.63. The van der Waals surface area contributed by atoms with E-state index in [-0.39, 0.29) is 28.0 Å². The molecular weight excluding hydrogens is 542 g/mol. The second-order valence-corrected chi connectivity index (χ2v) is 11.6. The van der Waals surface area contributed by atoms with E-state index >= 15 is 0 Å². The SMILES string of the molecule is O=C(Nn1c2c(sc1=NCc1ccccc1)C(=O)c1ccccc1C2=O)c1cc2ccc1CCc1ccc(cc1)CC2. The highest BCUT2D eigenvalue weighted by Crippen LogP contribution is 2.29. The second kappa shape index (κ2) is 10.8. The molecule has 5 aromatic rings. The molecule has 1 N–H and O–H groups in total. The van der Waals surface area contributed by atoms with Crippen molar-refractivity contribution in [2.75, 3.05) is 5.43 Å². The number of amides is 1. The van der Waals surface area contributed by atoms with Crippen molar-refractivity contribution in [1.82, 2.24) is 4.68 Å². The Balaban J connectivity index is 1.30. The van der Waals surface area contributed by atoms with Crippen LogP contribution >= 0.6 is 11.3 Å². The van der Waals surface area contributed by atoms with Gasteiger partial charge >= 0.3 is 0 Å². The molecule has 6 nitrogen and oxygen atoms in total. The summed E-state index contributed by atoms with van der Waals surface area (Å²) in [5, 5.41) is 0. The van der Waals surface area contributed by atoms with E-state index in [9.17, 15) is 14.4 Å². The lowest BCUT2D eigenvalue weighted by Gasteiger charge is -2.18. The van der Waals surface area contributed by atoms with Crippen molar-refractivity contribution < 1.29 is 14.4 Å². The first-order chi connectivity index (χ1) is 20.5. The van der Waals surface area contributed by atoms with Crippen molar-refractivity contribution in [3.05, 3.63) is 157 Å². The largest absolute Gasteiger partial charge is 0.288 e. The van der Waals surface area contributed by atoms with Crippen LogP contribution in [0.5, 0.6) is 0 Å². The molecule has 42 heavy (non-hydrogen) atoms. The summed E-state index contributed by atoms with van der Waals surface area (Å²) >= 11 is 1.13. The maximum Gasteiger partial charge on any atom is 0.270 e. The summed E-state index contributed by atoms with van der Waals surface area (Å²) in [4.78, 5) is 46.7. The number of thiazole rings is 1. The number of carbonyl (C=O) groups excluding carboxylic acids is 3. The molecule has 1 aromatic heterocycles. The van der Waals surface area contributed by atoms with Gasteiger partial charge in [0.15, 0.2) is 0 Å². The van der Waals surface area contributed by atoms with Crippen LogP contribution in [0.2, 0.25) is 0 Å². The van der Waals surface area contributed by atoms with E-state index in [4.69, 9.17) is 4.99 Å². The lowest BCUT2D eigenvalue weighted by atomic mass is 9.91. The van der Waals surface area contributed by atoms with Crippen molar-refractivity contribution in [3.63, 3.8) is 0 Å². The van der Waals surface area contributed by atoms with E-state index in [0.29, 0.717) is 34.5 Å². The van der Waals surface area contributed by atoms with E-state index in [1.807, 2.05) is 42.5 Å². The van der Waals surface area contributed by atoms with Gasteiger partial charge in [0.05, 0.1) is 6.54 Å². The Morgan fingerprint density at radius 1 is 0.738 bits per heavy atom. The number of aromatic nitrogens is 1. The summed E-state index contributed by atoms with van der Waals surface area (Å²) in [6.07, 6.45) is 3.20. The highest BCUT2D eigenvalue weighted by atomic mass is 32.1. The molecule has 206 valence electrons. The number of ketones is 2. The summed E-state index contributed by atoms with van der Waals surface area (Å²) in [5.74, 6) is -0.882. The number of carbonyl (C=O) groups is 3. The highest BCUT2D eigenvalue weighted by molar-refractivity contribution is 7.12. The molecular formula is C35H27N3O3S. The second-order valence-electron chi connectivity index (χ2n) is 10.7. The molecule has 0 spiro atoms. The molecule has 0 fully saturated rings. The standard InChI is InChI=1S/C35H27N3O3S/c39-31-27-8-4-5-9-28(27)32(40)33-30(31)38(35(42-33)36-21-25-6-2-1-3-7-25)37-34(41)29-20-24-15-14-22-10-12-23(13-11-22)16-18-26(29)19-17-24/h1-13,17,19-20H,14-16,18,21H2,(H,37,41). The van der Waals surface area contributed by atoms with Gasteiger partial charge in [-0.15, -0.1) is 0 Å². The van der Waals surface area contributed by atoms with Gasteiger partial charge in [-0.05, 0) is 59.6 Å². The van der Waals surface area contributed by atoms with Crippen LogP contribution in [0.4, 0.5) is 0 Å². The molecule has 7 heteroatoms. The maximum absolute atomic E-state index is 14.0. The molecule has 1 heterocycles. The predicted molar refractivity (Wildman–Crippen MR) is 163 cm³/mol. The first-order valence-electron chi connectivity index (χ1n) is 14.0. The van der Waals surface area contributed by atoms with E-state index in [1.54, 1.807) is 24.3 Å². The Bertz CT molecular complexity index is 1930. The Morgan fingerprint density at radius 2 is 1.36 bits per heavy atom. The fraction of sp³-hybridized carbons (Fsp3) is 0.143. The van der Waals surface area contributed by atoms with Gasteiger partial charge in [-0.25, -0.2) is 4.68 Å². The number of nitrogens with zero attached hydrogens (tertiary/aromatic N) is 2. The summed E-state index contributed by atoms with van der Waals surface area (Å²) in [5.41, 5.74) is 9.86. The van der Waals surface area contributed by atoms with Crippen LogP contribution in [-0.4, -0.2) is 22.1 Å². The van der Waals surface area contributed by atoms with Crippen molar-refractivity contribution in [1.29, 1.82) is 0 Å². The van der Waals surface area contributed by atoms with E-state index < -0.39 is 0 Å². The molecule has 0 aliphatic heterocycles. The van der Waals surface area contributed by atoms with Gasteiger partial charge in [-0.2, -0.15) is 0 Å². The van der Waals surface area contributed by atoms with Gasteiger partial charge in [0, 0.05) is 16.7 Å². The third-order valence-electron chi connectivity index (χ3n) is 7.94. The number of hydrogen-bond acceptors (Lipinski definition) is 5. The lowest BCUT2D eigenvalue weighted by Crippen LogP contribution is -2.35. The van der Waals surface area contributed by atoms with Crippen molar-refractivity contribution in [2.24, 2.45) is 4.99 Å². The number of aryl methyl sites for hydroxylation is 4. The Morgan fingerprint density at radius 3 is 2.10 bits per heavy atom. The summed E-state index contributed by atoms with van der Waals surface area (Å²) < 4.78 is 1.43. The number of benzene rings is 4. The van der Waals surface area contributed by atoms with Crippen LogP contribution in [-0.2, 0) is 32.2 Å². The molecule has 5 aliphatic carbocycles. The normalized spacial score (nSPS) is 14.2. The molecule has 5 aliphatic rings. The summed E-state index contributed by atoms with van der Waals surface area (Å²) in [6, 6.07) is 31.3. The van der Waals surface area contributed by atoms with Crippen LogP contribution in [0.3, 0.4) is 0 Å². The van der Waals surface area contributed by atoms with Gasteiger partial charge in [0.2, 0.25) is 16.4 Å². The van der Waals surface area contributed by atoms with Gasteiger partial charge in [-0.1, -0.05) is 102 Å². The van der Waals surface area contributed by atoms with Crippen LogP contribution in [0.15, 0.2) is 102 Å². The molecule has 10 rings (SSSR count). The smallest absolute Gasteiger partial charge is 0.270 e. The maximum atomic E-state index is 14.0. The number of fused-ring (bicyclic) bond motifs is 2. The highest BCUT2D eigenvalue weighted by Gasteiger charge is 2.35. The van der Waals surface area contributed by atoms with Crippen LogP contribution in [0, 0.1) is 0 Å². The predicted octanol–water partition coefficient (Wildman–Crippen LogP) is 5.69. The molecule has 0 radical (unpaired) electrons. The van der Waals surface area contributed by atoms with E-state index in [0.717, 1.165) is 47.3 Å². The zero-order valence-electron chi connectivity index (χ0n) is 22.8. The first kappa shape index (κ1) is 26.0. The lowest BCUT2D eigenvalue weighted by molar-refractivity contribution is 0.0969. The Kier molecular flexibility index (Phi) is 6.72. The average molecular weight is 570 g/mol. The molecule has 0 unspecified atom stereocenters. The fourth-order valence-corrected chi connectivity index (χ4v) is 6.65. The third kappa shape index (κ3) is 4.82. The van der Waals surface area contributed by atoms with Gasteiger partial charge in [0.1, 0.15) is 10.6 Å². The monoisotopic (exact) mass is 569 g/mol. The number of rotatable bonds is 4. The van der Waals surface area contributed by atoms with Crippen molar-refractivity contribution >= 4 is 28.8 Å². The van der Waals surface area contributed by atoms with Crippen molar-refractivity contribution in [3.8, 4) is 0 Å². The third-order valence-corrected chi connectivity index (χ3v) is 9.02. The van der Waals surface area contributed by atoms with Gasteiger partial charge in [0.25, 0.3) is 5.91 Å². The van der Waals surface area contributed by atoms with Crippen molar-refractivity contribution in [2.45, 2.75) is 32.2 Å². The Hall–Kier alpha value is -4.88. The molecule has 0 saturated carbocycles. The minimum absolute atomic E-state index is 0.149. The summed E-state index contributed by atoms with van der Waals surface area (Å²) in [6.45, 7) is 0.338. The minimum atomic E-state index is -0.335.